The van der Waals surface area contributed by atoms with E-state index in [1.165, 1.54) is 43.0 Å². The van der Waals surface area contributed by atoms with Crippen LogP contribution < -0.4 is 19.0 Å². The summed E-state index contributed by atoms with van der Waals surface area (Å²) in [6.45, 7) is 6.98. The van der Waals surface area contributed by atoms with Crippen LogP contribution in [0.3, 0.4) is 0 Å². The summed E-state index contributed by atoms with van der Waals surface area (Å²) < 4.78 is 14.0. The maximum absolute atomic E-state index is 8.98. The van der Waals surface area contributed by atoms with Crippen molar-refractivity contribution in [1.29, 1.82) is 15.8 Å². The zero-order valence-electron chi connectivity index (χ0n) is 14.2. The monoisotopic (exact) mass is 480 g/mol. The van der Waals surface area contributed by atoms with Crippen molar-refractivity contribution in [3.8, 4) is 41.8 Å². The third kappa shape index (κ3) is 4.91. The molecule has 0 aliphatic rings. The van der Waals surface area contributed by atoms with Crippen LogP contribution in [0.4, 0.5) is 0 Å². The van der Waals surface area contributed by atoms with Gasteiger partial charge in [-0.05, 0) is 17.1 Å². The quantitative estimate of drug-likeness (QED) is 0.283. The highest BCUT2D eigenvalue weighted by Crippen LogP contribution is 2.46. The summed E-state index contributed by atoms with van der Waals surface area (Å²) in [5.74, 6) is -0.421. The molecule has 0 amide bonds. The minimum Gasteiger partial charge on any atom is -0.387 e. The number of rotatable bonds is 6. The molecule has 30 heavy (non-hydrogen) atoms. The number of nitrogens with zero attached hydrogens (tertiary/aromatic N) is 4. The molecule has 0 aromatic heterocycles. The minimum atomic E-state index is -0.331. The molecule has 0 aliphatic heterocycles. The molecule has 0 heterocycles. The summed E-state index contributed by atoms with van der Waals surface area (Å²) in [6.07, 6.45) is 4.39. The summed E-state index contributed by atoms with van der Waals surface area (Å²) in [4.78, 5) is 4.91. The third-order valence-corrected chi connectivity index (χ3v) is 4.38. The molecule has 0 spiro atoms. The topological polar surface area (TPSA) is 113 Å². The highest BCUT2D eigenvalue weighted by atomic mass is 35.5. The molecule has 0 radical (unpaired) electrons. The van der Waals surface area contributed by atoms with Crippen molar-refractivity contribution in [1.82, 2.24) is 0 Å². The first kappa shape index (κ1) is 22.8. The molecule has 2 rings (SSSR count). The van der Waals surface area contributed by atoms with Crippen molar-refractivity contribution in [3.63, 3.8) is 0 Å². The average molecular weight is 482 g/mol. The Balaban J connectivity index is 2.84. The van der Waals surface area contributed by atoms with E-state index in [9.17, 15) is 0 Å². The van der Waals surface area contributed by atoms with Gasteiger partial charge in [-0.2, -0.15) is 11.4 Å². The standard InChI is InChI=1S/C18H4Cl4N4O4/c1-26-30-14-5-16(29-8-25)12(20)3-10(14)17(18(21)22)9-2-11(19)15(28-7-24)4-13(9)27-6-23/h2-5H. The van der Waals surface area contributed by atoms with Gasteiger partial charge in [0.05, 0.1) is 10.0 Å². The highest BCUT2D eigenvalue weighted by molar-refractivity contribution is 6.59. The third-order valence-electron chi connectivity index (χ3n) is 3.41. The Morgan fingerprint density at radius 2 is 1.20 bits per heavy atom. The van der Waals surface area contributed by atoms with E-state index < -0.39 is 0 Å². The molecule has 148 valence electrons. The van der Waals surface area contributed by atoms with Gasteiger partial charge in [0, 0.05) is 28.8 Å². The van der Waals surface area contributed by atoms with Gasteiger partial charge >= 0.3 is 0 Å². The highest BCUT2D eigenvalue weighted by Gasteiger charge is 2.25. The van der Waals surface area contributed by atoms with Crippen LogP contribution in [0.1, 0.15) is 11.1 Å². The van der Waals surface area contributed by atoms with Gasteiger partial charge in [0.2, 0.25) is 5.75 Å². The summed E-state index contributed by atoms with van der Waals surface area (Å²) in [5, 5.41) is 29.2. The smallest absolute Gasteiger partial charge is 0.292 e. The van der Waals surface area contributed by atoms with E-state index in [0.717, 1.165) is 0 Å². The fraction of sp³-hybridized carbons (Fsp3) is 0. The van der Waals surface area contributed by atoms with Crippen LogP contribution in [0.15, 0.2) is 28.8 Å². The fourth-order valence-electron chi connectivity index (χ4n) is 2.32. The lowest BCUT2D eigenvalue weighted by atomic mass is 9.97. The summed E-state index contributed by atoms with van der Waals surface area (Å²) in [6, 6.07) is 4.90. The molecule has 8 nitrogen and oxygen atoms in total. The first-order chi connectivity index (χ1) is 14.4. The Kier molecular flexibility index (Phi) is 7.84. The maximum Gasteiger partial charge on any atom is 0.292 e. The van der Waals surface area contributed by atoms with E-state index in [0.29, 0.717) is 0 Å². The molecule has 0 saturated heterocycles. The Hall–Kier alpha value is -3.50. The molecule has 0 atom stereocenters. The van der Waals surface area contributed by atoms with Crippen LogP contribution in [0.25, 0.3) is 10.6 Å². The molecule has 12 heteroatoms. The molecule has 2 aromatic rings. The van der Waals surface area contributed by atoms with Gasteiger partial charge < -0.3 is 14.2 Å². The molecule has 0 aliphatic carbocycles. The first-order valence-corrected chi connectivity index (χ1v) is 8.83. The summed E-state index contributed by atoms with van der Waals surface area (Å²) in [7, 11) is 0. The SMILES string of the molecule is [C-]#[N+]Oc1cc(OC#N)c(Cl)cc1C(=C(Cl)Cl)c1cc(Cl)c(OC#N)cc1OC#N. The van der Waals surface area contributed by atoms with E-state index in [-0.39, 0.29) is 54.2 Å². The molecular weight excluding hydrogens is 478 g/mol. The number of nitriles is 3. The molecular formula is C18H4Cl4N4O4. The lowest BCUT2D eigenvalue weighted by molar-refractivity contribution is 0.460. The molecule has 0 saturated carbocycles. The second-order valence-corrected chi connectivity index (χ2v) is 6.72. The van der Waals surface area contributed by atoms with Crippen LogP contribution in [0.5, 0.6) is 23.0 Å². The van der Waals surface area contributed by atoms with Gasteiger partial charge in [-0.15, -0.1) is 15.8 Å². The van der Waals surface area contributed by atoms with Crippen molar-refractivity contribution in [2.45, 2.75) is 0 Å². The Morgan fingerprint density at radius 3 is 1.63 bits per heavy atom. The molecule has 0 N–H and O–H groups in total. The average Bonchev–Trinajstić information content (AvgIpc) is 2.69. The van der Waals surface area contributed by atoms with Gasteiger partial charge in [-0.25, -0.2) is 0 Å². The summed E-state index contributed by atoms with van der Waals surface area (Å²) >= 11 is 24.4. The van der Waals surface area contributed by atoms with E-state index >= 15 is 0 Å². The Labute approximate surface area is 189 Å². The number of hydrogen-bond acceptors (Lipinski definition) is 7. The van der Waals surface area contributed by atoms with Crippen molar-refractivity contribution >= 4 is 52.0 Å². The lowest BCUT2D eigenvalue weighted by Crippen LogP contribution is -1.99. The lowest BCUT2D eigenvalue weighted by Gasteiger charge is -2.15. The fourth-order valence-corrected chi connectivity index (χ4v) is 3.13. The van der Waals surface area contributed by atoms with Crippen LogP contribution in [-0.4, -0.2) is 0 Å². The second-order valence-electron chi connectivity index (χ2n) is 4.96. The molecule has 0 bridgehead atoms. The van der Waals surface area contributed by atoms with Gasteiger partial charge in [0.1, 0.15) is 4.49 Å². The van der Waals surface area contributed by atoms with Crippen LogP contribution >= 0.6 is 46.4 Å². The van der Waals surface area contributed by atoms with Crippen molar-refractivity contribution in [2.24, 2.45) is 0 Å². The van der Waals surface area contributed by atoms with Gasteiger partial charge in [0.25, 0.3) is 18.8 Å². The predicted octanol–water partition coefficient (Wildman–Crippen LogP) is 5.98. The van der Waals surface area contributed by atoms with Crippen LogP contribution in [0, 0.1) is 41.1 Å². The zero-order chi connectivity index (χ0) is 22.3. The normalized spacial score (nSPS) is 9.20. The van der Waals surface area contributed by atoms with Crippen LogP contribution in [-0.2, 0) is 0 Å². The molecule has 2 aromatic carbocycles. The number of halogens is 4. The van der Waals surface area contributed by atoms with Gasteiger partial charge in [0.15, 0.2) is 17.2 Å². The van der Waals surface area contributed by atoms with E-state index in [1.807, 2.05) is 0 Å². The first-order valence-electron chi connectivity index (χ1n) is 7.32. The van der Waals surface area contributed by atoms with Gasteiger partial charge in [-0.3, -0.25) is 0 Å². The number of hydrogen-bond donors (Lipinski definition) is 0. The largest absolute Gasteiger partial charge is 0.387 e. The Bertz CT molecular complexity index is 1110. The van der Waals surface area contributed by atoms with Crippen LogP contribution in [0.2, 0.25) is 10.0 Å². The molecule has 0 fully saturated rings. The second kappa shape index (κ2) is 10.3. The van der Waals surface area contributed by atoms with Gasteiger partial charge in [-0.1, -0.05) is 46.4 Å². The maximum atomic E-state index is 8.98. The zero-order valence-corrected chi connectivity index (χ0v) is 17.3. The van der Waals surface area contributed by atoms with E-state index in [1.54, 1.807) is 0 Å². The van der Waals surface area contributed by atoms with Crippen molar-refractivity contribution in [3.05, 3.63) is 61.5 Å². The number of benzene rings is 2. The molecule has 0 unspecified atom stereocenters. The van der Waals surface area contributed by atoms with Crippen molar-refractivity contribution in [2.75, 3.05) is 0 Å². The number of ether oxygens (including phenoxy) is 3. The predicted molar refractivity (Wildman–Crippen MR) is 107 cm³/mol. The minimum absolute atomic E-state index is 0.0121. The van der Waals surface area contributed by atoms with E-state index in [4.69, 9.17) is 87.8 Å². The summed E-state index contributed by atoms with van der Waals surface area (Å²) in [5.41, 5.74) is 0.193. The van der Waals surface area contributed by atoms with E-state index in [2.05, 4.69) is 5.01 Å². The Morgan fingerprint density at radius 1 is 0.767 bits per heavy atom. The van der Waals surface area contributed by atoms with Crippen molar-refractivity contribution < 1.29 is 19.0 Å².